The van der Waals surface area contributed by atoms with E-state index in [1.807, 2.05) is 6.08 Å². The van der Waals surface area contributed by atoms with Gasteiger partial charge in [0.2, 0.25) is 5.91 Å². The summed E-state index contributed by atoms with van der Waals surface area (Å²) in [5.74, 6) is -0.0668. The van der Waals surface area contributed by atoms with Crippen LogP contribution in [0.15, 0.2) is 60.8 Å². The maximum atomic E-state index is 12.5. The summed E-state index contributed by atoms with van der Waals surface area (Å²) < 4.78 is 5.48. The molecule has 0 aromatic carbocycles. The molecule has 0 saturated carbocycles. The smallest absolute Gasteiger partial charge is 0.305 e. The quantitative estimate of drug-likeness (QED) is 0.0320. The van der Waals surface area contributed by atoms with Gasteiger partial charge >= 0.3 is 5.97 Å². The van der Waals surface area contributed by atoms with Crippen molar-refractivity contribution in [2.75, 3.05) is 13.2 Å². The largest absolute Gasteiger partial charge is 0.466 e. The van der Waals surface area contributed by atoms with E-state index in [1.54, 1.807) is 6.08 Å². The van der Waals surface area contributed by atoms with E-state index in [0.717, 1.165) is 57.8 Å². The Morgan fingerprint density at radius 3 is 0.975 bits per heavy atom. The first-order chi connectivity index (χ1) is 39.5. The monoisotopic (exact) mass is 1120 g/mol. The summed E-state index contributed by atoms with van der Waals surface area (Å²) in [6, 6.07) is -0.629. The van der Waals surface area contributed by atoms with Crippen molar-refractivity contribution in [2.24, 2.45) is 0 Å². The van der Waals surface area contributed by atoms with E-state index in [2.05, 4.69) is 67.8 Å². The molecule has 3 N–H and O–H groups in total. The molecule has 0 bridgehead atoms. The number of nitrogens with one attached hydrogen (secondary N) is 1. The Labute approximate surface area is 499 Å². The molecular formula is C74H137NO5. The number of ether oxygens (including phenoxy) is 1. The van der Waals surface area contributed by atoms with Crippen molar-refractivity contribution in [3.8, 4) is 0 Å². The Morgan fingerprint density at radius 1 is 0.350 bits per heavy atom. The lowest BCUT2D eigenvalue weighted by molar-refractivity contribution is -0.143. The lowest BCUT2D eigenvalue weighted by atomic mass is 10.0. The fourth-order valence-electron chi connectivity index (χ4n) is 10.8. The normalized spacial score (nSPS) is 12.9. The van der Waals surface area contributed by atoms with E-state index >= 15 is 0 Å². The second-order valence-corrected chi connectivity index (χ2v) is 24.2. The minimum Gasteiger partial charge on any atom is -0.466 e. The maximum absolute atomic E-state index is 12.5. The summed E-state index contributed by atoms with van der Waals surface area (Å²) in [6.45, 7) is 4.89. The Morgan fingerprint density at radius 2 is 0.625 bits per heavy atom. The van der Waals surface area contributed by atoms with Crippen molar-refractivity contribution < 1.29 is 24.5 Å². The second kappa shape index (κ2) is 69.1. The molecule has 468 valence electrons. The minimum absolute atomic E-state index is 0.00133. The first kappa shape index (κ1) is 77.6. The SMILES string of the molecule is CCCCC/C=C\C/C=C\CCCCCCCC(=O)OCCCCCCCCCCC/C=C\C/C=C\CCCCCCCCCCCCCCCCCC(=O)NC(CO)C(O)/C=C/CCCCCCCCCCCCCCCCC. The predicted molar refractivity (Wildman–Crippen MR) is 352 cm³/mol. The highest BCUT2D eigenvalue weighted by Gasteiger charge is 2.18. The Balaban J connectivity index is 3.42. The van der Waals surface area contributed by atoms with E-state index in [1.165, 1.54) is 289 Å². The highest BCUT2D eigenvalue weighted by molar-refractivity contribution is 5.76. The highest BCUT2D eigenvalue weighted by Crippen LogP contribution is 2.18. The number of allylic oxidation sites excluding steroid dienone is 9. The fraction of sp³-hybridized carbons (Fsp3) is 0.838. The average molecular weight is 1120 g/mol. The van der Waals surface area contributed by atoms with Crippen LogP contribution in [-0.2, 0) is 14.3 Å². The van der Waals surface area contributed by atoms with Crippen LogP contribution in [0, 0.1) is 0 Å². The van der Waals surface area contributed by atoms with Crippen LogP contribution in [0.4, 0.5) is 0 Å². The number of carbonyl (C=O) groups is 2. The third-order valence-electron chi connectivity index (χ3n) is 16.3. The number of aliphatic hydroxyl groups is 2. The van der Waals surface area contributed by atoms with Gasteiger partial charge in [0.25, 0.3) is 0 Å². The topological polar surface area (TPSA) is 95.9 Å². The number of hydrogen-bond donors (Lipinski definition) is 3. The van der Waals surface area contributed by atoms with Gasteiger partial charge in [-0.25, -0.2) is 0 Å². The molecule has 0 heterocycles. The van der Waals surface area contributed by atoms with Crippen LogP contribution in [0.5, 0.6) is 0 Å². The third kappa shape index (κ3) is 64.7. The molecule has 0 fully saturated rings. The van der Waals surface area contributed by atoms with Gasteiger partial charge in [-0.1, -0.05) is 325 Å². The first-order valence-corrected chi connectivity index (χ1v) is 35.6. The summed E-state index contributed by atoms with van der Waals surface area (Å²) in [5.41, 5.74) is 0. The fourth-order valence-corrected chi connectivity index (χ4v) is 10.8. The molecule has 0 spiro atoms. The van der Waals surface area contributed by atoms with Crippen molar-refractivity contribution in [3.05, 3.63) is 60.8 Å². The molecule has 0 saturated heterocycles. The zero-order valence-electron chi connectivity index (χ0n) is 53.6. The molecule has 2 unspecified atom stereocenters. The van der Waals surface area contributed by atoms with Gasteiger partial charge < -0.3 is 20.3 Å². The molecule has 0 aromatic heterocycles. The Hall–Kier alpha value is -2.44. The minimum atomic E-state index is -0.845. The summed E-state index contributed by atoms with van der Waals surface area (Å²) >= 11 is 0. The van der Waals surface area contributed by atoms with Crippen molar-refractivity contribution in [3.63, 3.8) is 0 Å². The van der Waals surface area contributed by atoms with E-state index in [-0.39, 0.29) is 18.5 Å². The highest BCUT2D eigenvalue weighted by atomic mass is 16.5. The molecule has 0 aliphatic rings. The van der Waals surface area contributed by atoms with Crippen molar-refractivity contribution in [2.45, 2.75) is 386 Å². The van der Waals surface area contributed by atoms with Crippen LogP contribution in [0.1, 0.15) is 373 Å². The van der Waals surface area contributed by atoms with Gasteiger partial charge in [-0.15, -0.1) is 0 Å². The third-order valence-corrected chi connectivity index (χ3v) is 16.3. The molecule has 2 atom stereocenters. The molecule has 0 aliphatic heterocycles. The standard InChI is InChI=1S/C74H137NO5/c1-3-5-7-9-11-13-15-17-19-35-39-42-46-50-54-58-62-66-72(77)71(70-76)75-73(78)67-63-59-55-51-47-43-40-36-33-31-29-27-25-23-21-20-22-24-26-28-30-32-34-37-41-45-49-53-57-61-65-69-80-74(79)68-64-60-56-52-48-44-38-18-16-14-12-10-8-6-4-2/h12,14,18,22,24,28,30,38,62,66,71-72,76-77H,3-11,13,15-17,19-21,23,25-27,29,31-37,39-61,63-65,67-70H2,1-2H3,(H,75,78)/b14-12-,24-22-,30-28-,38-18-,66-62+. The number of esters is 1. The van der Waals surface area contributed by atoms with Gasteiger partial charge in [-0.3, -0.25) is 9.59 Å². The van der Waals surface area contributed by atoms with Gasteiger partial charge in [0.05, 0.1) is 25.4 Å². The molecule has 0 aromatic rings. The Bertz CT molecular complexity index is 1380. The van der Waals surface area contributed by atoms with Crippen LogP contribution in [-0.4, -0.2) is 47.4 Å². The maximum Gasteiger partial charge on any atom is 0.305 e. The van der Waals surface area contributed by atoms with Crippen molar-refractivity contribution in [1.29, 1.82) is 0 Å². The van der Waals surface area contributed by atoms with Crippen molar-refractivity contribution >= 4 is 11.9 Å². The Kier molecular flexibility index (Phi) is 66.9. The number of aliphatic hydroxyl groups excluding tert-OH is 2. The van der Waals surface area contributed by atoms with Gasteiger partial charge in [-0.05, 0) is 96.3 Å². The van der Waals surface area contributed by atoms with Crippen molar-refractivity contribution in [1.82, 2.24) is 5.32 Å². The zero-order chi connectivity index (χ0) is 57.8. The average Bonchev–Trinajstić information content (AvgIpc) is 3.46. The van der Waals surface area contributed by atoms with Gasteiger partial charge in [0, 0.05) is 12.8 Å². The molecule has 0 aliphatic carbocycles. The van der Waals surface area contributed by atoms with E-state index in [9.17, 15) is 19.8 Å². The number of rotatable bonds is 66. The lowest BCUT2D eigenvalue weighted by Crippen LogP contribution is -2.45. The number of unbranched alkanes of at least 4 members (excludes halogenated alkanes) is 47. The molecule has 0 rings (SSSR count). The molecule has 1 amide bonds. The van der Waals surface area contributed by atoms with E-state index in [4.69, 9.17) is 4.74 Å². The zero-order valence-corrected chi connectivity index (χ0v) is 53.6. The van der Waals surface area contributed by atoms with Crippen LogP contribution in [0.2, 0.25) is 0 Å². The number of hydrogen-bond acceptors (Lipinski definition) is 5. The van der Waals surface area contributed by atoms with E-state index in [0.29, 0.717) is 19.4 Å². The predicted octanol–water partition coefficient (Wildman–Crippen LogP) is 23.0. The van der Waals surface area contributed by atoms with Gasteiger partial charge in [0.1, 0.15) is 0 Å². The molecule has 0 radical (unpaired) electrons. The number of amides is 1. The lowest BCUT2D eigenvalue weighted by Gasteiger charge is -2.20. The van der Waals surface area contributed by atoms with Crippen LogP contribution in [0.25, 0.3) is 0 Å². The van der Waals surface area contributed by atoms with Crippen LogP contribution < -0.4 is 5.32 Å². The summed E-state index contributed by atoms with van der Waals surface area (Å²) in [6.07, 6.45) is 91.6. The summed E-state index contributed by atoms with van der Waals surface area (Å²) in [5, 5.41) is 23.2. The molecule has 6 nitrogen and oxygen atoms in total. The van der Waals surface area contributed by atoms with Crippen LogP contribution in [0.3, 0.4) is 0 Å². The van der Waals surface area contributed by atoms with Gasteiger partial charge in [0.15, 0.2) is 0 Å². The first-order valence-electron chi connectivity index (χ1n) is 35.6. The molecule has 80 heavy (non-hydrogen) atoms. The van der Waals surface area contributed by atoms with Gasteiger partial charge in [-0.2, -0.15) is 0 Å². The second-order valence-electron chi connectivity index (χ2n) is 24.2. The molecule has 6 heteroatoms. The summed E-state index contributed by atoms with van der Waals surface area (Å²) in [4.78, 5) is 24.6. The molecular weight excluding hydrogens is 983 g/mol. The number of carbonyl (C=O) groups excluding carboxylic acids is 2. The van der Waals surface area contributed by atoms with E-state index < -0.39 is 12.1 Å². The van der Waals surface area contributed by atoms with Crippen LogP contribution >= 0.6 is 0 Å². The summed E-state index contributed by atoms with van der Waals surface area (Å²) in [7, 11) is 0.